The number of carbonyl (C=O) groups is 1. The summed E-state index contributed by atoms with van der Waals surface area (Å²) in [5, 5.41) is 10.3. The van der Waals surface area contributed by atoms with Crippen LogP contribution >= 0.6 is 0 Å². The maximum atomic E-state index is 12.1. The predicted octanol–water partition coefficient (Wildman–Crippen LogP) is 1.53. The van der Waals surface area contributed by atoms with Crippen LogP contribution in [-0.2, 0) is 13.5 Å². The van der Waals surface area contributed by atoms with Crippen LogP contribution in [0.25, 0.3) is 0 Å². The minimum absolute atomic E-state index is 0.0721. The Labute approximate surface area is 124 Å². The Balaban J connectivity index is 1.89. The fraction of sp³-hybridized carbons (Fsp3) is 0.400. The average Bonchev–Trinajstić information content (AvgIpc) is 2.87. The van der Waals surface area contributed by atoms with Gasteiger partial charge in [-0.1, -0.05) is 0 Å². The van der Waals surface area contributed by atoms with Gasteiger partial charge in [0.15, 0.2) is 5.82 Å². The van der Waals surface area contributed by atoms with Gasteiger partial charge in [-0.2, -0.15) is 5.10 Å². The van der Waals surface area contributed by atoms with Gasteiger partial charge < -0.3 is 10.6 Å². The monoisotopic (exact) mass is 287 g/mol. The van der Waals surface area contributed by atoms with Crippen LogP contribution in [0.4, 0.5) is 5.69 Å². The van der Waals surface area contributed by atoms with Crippen molar-refractivity contribution < 1.29 is 4.79 Å². The molecule has 0 aliphatic rings. The van der Waals surface area contributed by atoms with Crippen molar-refractivity contribution in [3.8, 4) is 0 Å². The van der Waals surface area contributed by atoms with Crippen LogP contribution < -0.4 is 10.6 Å². The molecule has 0 aliphatic heterocycles. The molecular formula is C15H21N5O. The van der Waals surface area contributed by atoms with Gasteiger partial charge in [0, 0.05) is 37.8 Å². The van der Waals surface area contributed by atoms with Crippen LogP contribution in [0.5, 0.6) is 0 Å². The quantitative estimate of drug-likeness (QED) is 0.845. The third-order valence-electron chi connectivity index (χ3n) is 3.14. The number of aromatic nitrogens is 3. The lowest BCUT2D eigenvalue weighted by Crippen LogP contribution is -2.26. The van der Waals surface area contributed by atoms with E-state index in [1.807, 2.05) is 39.1 Å². The van der Waals surface area contributed by atoms with Gasteiger partial charge in [0.1, 0.15) is 6.33 Å². The average molecular weight is 287 g/mol. The van der Waals surface area contributed by atoms with Gasteiger partial charge in [0.25, 0.3) is 5.91 Å². The maximum Gasteiger partial charge on any atom is 0.251 e. The normalized spacial score (nSPS) is 10.4. The van der Waals surface area contributed by atoms with Gasteiger partial charge in [0.2, 0.25) is 0 Å². The molecule has 0 fully saturated rings. The first-order valence-corrected chi connectivity index (χ1v) is 7.07. The minimum Gasteiger partial charge on any atom is -0.385 e. The number of amides is 1. The SMILES string of the molecule is CCNc1ccc(C(=O)NCCc2ncn(C)n2)cc1C. The number of benzene rings is 1. The summed E-state index contributed by atoms with van der Waals surface area (Å²) in [6.07, 6.45) is 2.28. The third-order valence-corrected chi connectivity index (χ3v) is 3.14. The Morgan fingerprint density at radius 3 is 2.81 bits per heavy atom. The summed E-state index contributed by atoms with van der Waals surface area (Å²) in [7, 11) is 1.82. The molecule has 1 heterocycles. The molecule has 2 N–H and O–H groups in total. The van der Waals surface area contributed by atoms with Crippen molar-refractivity contribution in [3.63, 3.8) is 0 Å². The second kappa shape index (κ2) is 6.88. The first-order valence-electron chi connectivity index (χ1n) is 7.07. The molecule has 21 heavy (non-hydrogen) atoms. The summed E-state index contributed by atoms with van der Waals surface area (Å²) < 4.78 is 1.65. The van der Waals surface area contributed by atoms with Gasteiger partial charge in [-0.15, -0.1) is 0 Å². The Kier molecular flexibility index (Phi) is 4.92. The highest BCUT2D eigenvalue weighted by Crippen LogP contribution is 2.16. The van der Waals surface area contributed by atoms with E-state index in [-0.39, 0.29) is 5.91 Å². The molecule has 0 unspecified atom stereocenters. The van der Waals surface area contributed by atoms with Crippen LogP contribution in [-0.4, -0.2) is 33.8 Å². The van der Waals surface area contributed by atoms with Gasteiger partial charge in [-0.25, -0.2) is 4.98 Å². The van der Waals surface area contributed by atoms with Crippen molar-refractivity contribution in [1.29, 1.82) is 0 Å². The molecule has 1 amide bonds. The van der Waals surface area contributed by atoms with Crippen LogP contribution in [0, 0.1) is 6.92 Å². The van der Waals surface area contributed by atoms with E-state index in [1.165, 1.54) is 0 Å². The summed E-state index contributed by atoms with van der Waals surface area (Å²) in [6.45, 7) is 5.43. The van der Waals surface area contributed by atoms with E-state index in [0.29, 0.717) is 18.5 Å². The number of hydrogen-bond acceptors (Lipinski definition) is 4. The van der Waals surface area contributed by atoms with E-state index in [4.69, 9.17) is 0 Å². The summed E-state index contributed by atoms with van der Waals surface area (Å²) in [4.78, 5) is 16.2. The number of carbonyl (C=O) groups excluding carboxylic acids is 1. The molecule has 2 aromatic rings. The zero-order valence-corrected chi connectivity index (χ0v) is 12.7. The van der Waals surface area contributed by atoms with Crippen molar-refractivity contribution in [2.75, 3.05) is 18.4 Å². The lowest BCUT2D eigenvalue weighted by Gasteiger charge is -2.09. The number of nitrogens with one attached hydrogen (secondary N) is 2. The van der Waals surface area contributed by atoms with E-state index in [9.17, 15) is 4.79 Å². The molecule has 1 aromatic heterocycles. The molecule has 0 radical (unpaired) electrons. The summed E-state index contributed by atoms with van der Waals surface area (Å²) in [6, 6.07) is 5.67. The van der Waals surface area contributed by atoms with E-state index in [2.05, 4.69) is 20.7 Å². The fourth-order valence-electron chi connectivity index (χ4n) is 2.08. The Bertz CT molecular complexity index is 620. The predicted molar refractivity (Wildman–Crippen MR) is 82.4 cm³/mol. The number of aryl methyl sites for hydroxylation is 2. The maximum absolute atomic E-state index is 12.1. The molecule has 1 aromatic carbocycles. The molecule has 0 saturated heterocycles. The first kappa shape index (κ1) is 15.0. The first-order chi connectivity index (χ1) is 10.1. The lowest BCUT2D eigenvalue weighted by molar-refractivity contribution is 0.0954. The molecule has 2 rings (SSSR count). The third kappa shape index (κ3) is 4.05. The number of anilines is 1. The molecular weight excluding hydrogens is 266 g/mol. The zero-order chi connectivity index (χ0) is 15.2. The topological polar surface area (TPSA) is 71.8 Å². The van der Waals surface area contributed by atoms with Crippen molar-refractivity contribution in [1.82, 2.24) is 20.1 Å². The van der Waals surface area contributed by atoms with Gasteiger partial charge >= 0.3 is 0 Å². The smallest absolute Gasteiger partial charge is 0.251 e. The minimum atomic E-state index is -0.0721. The number of rotatable bonds is 6. The molecule has 6 nitrogen and oxygen atoms in total. The summed E-state index contributed by atoms with van der Waals surface area (Å²) in [5.41, 5.74) is 2.80. The van der Waals surface area contributed by atoms with E-state index in [0.717, 1.165) is 23.6 Å². The molecule has 6 heteroatoms. The van der Waals surface area contributed by atoms with Crippen LogP contribution in [0.3, 0.4) is 0 Å². The Morgan fingerprint density at radius 2 is 2.19 bits per heavy atom. The van der Waals surface area contributed by atoms with Crippen molar-refractivity contribution in [3.05, 3.63) is 41.5 Å². The summed E-state index contributed by atoms with van der Waals surface area (Å²) in [5.74, 6) is 0.661. The molecule has 0 bridgehead atoms. The second-order valence-corrected chi connectivity index (χ2v) is 4.90. The molecule has 112 valence electrons. The zero-order valence-electron chi connectivity index (χ0n) is 12.7. The van der Waals surface area contributed by atoms with Gasteiger partial charge in [0.05, 0.1) is 0 Å². The fourth-order valence-corrected chi connectivity index (χ4v) is 2.08. The van der Waals surface area contributed by atoms with Crippen molar-refractivity contribution >= 4 is 11.6 Å². The van der Waals surface area contributed by atoms with E-state index in [1.54, 1.807) is 11.0 Å². The molecule has 0 atom stereocenters. The highest BCUT2D eigenvalue weighted by Gasteiger charge is 2.07. The highest BCUT2D eigenvalue weighted by atomic mass is 16.1. The molecule has 0 saturated carbocycles. The summed E-state index contributed by atoms with van der Waals surface area (Å²) >= 11 is 0. The largest absolute Gasteiger partial charge is 0.385 e. The lowest BCUT2D eigenvalue weighted by atomic mass is 10.1. The second-order valence-electron chi connectivity index (χ2n) is 4.90. The van der Waals surface area contributed by atoms with E-state index < -0.39 is 0 Å². The highest BCUT2D eigenvalue weighted by molar-refractivity contribution is 5.94. The number of nitrogens with zero attached hydrogens (tertiary/aromatic N) is 3. The van der Waals surface area contributed by atoms with Crippen molar-refractivity contribution in [2.24, 2.45) is 7.05 Å². The van der Waals surface area contributed by atoms with Gasteiger partial charge in [-0.3, -0.25) is 9.48 Å². The van der Waals surface area contributed by atoms with Gasteiger partial charge in [-0.05, 0) is 37.6 Å². The Hall–Kier alpha value is -2.37. The molecule has 0 aliphatic carbocycles. The van der Waals surface area contributed by atoms with Crippen LogP contribution in [0.15, 0.2) is 24.5 Å². The van der Waals surface area contributed by atoms with Crippen molar-refractivity contribution in [2.45, 2.75) is 20.3 Å². The standard InChI is InChI=1S/C15H21N5O/c1-4-16-13-6-5-12(9-11(13)2)15(21)17-8-7-14-18-10-20(3)19-14/h5-6,9-10,16H,4,7-8H2,1-3H3,(H,17,21). The number of hydrogen-bond donors (Lipinski definition) is 2. The van der Waals surface area contributed by atoms with E-state index >= 15 is 0 Å². The molecule has 0 spiro atoms. The van der Waals surface area contributed by atoms with Crippen LogP contribution in [0.2, 0.25) is 0 Å². The Morgan fingerprint density at radius 1 is 1.38 bits per heavy atom. The van der Waals surface area contributed by atoms with Crippen LogP contribution in [0.1, 0.15) is 28.7 Å².